The molecule has 0 bridgehead atoms. The van der Waals surface area contributed by atoms with Gasteiger partial charge in [0.25, 0.3) is 5.91 Å². The third-order valence-electron chi connectivity index (χ3n) is 2.12. The van der Waals surface area contributed by atoms with Gasteiger partial charge < -0.3 is 5.32 Å². The minimum absolute atomic E-state index is 0.194. The van der Waals surface area contributed by atoms with Crippen LogP contribution in [0.1, 0.15) is 15.2 Å². The van der Waals surface area contributed by atoms with Crippen molar-refractivity contribution in [3.05, 3.63) is 44.3 Å². The Morgan fingerprint density at radius 1 is 1.47 bits per heavy atom. The highest BCUT2D eigenvalue weighted by atomic mass is 35.5. The van der Waals surface area contributed by atoms with Crippen LogP contribution in [0, 0.1) is 6.92 Å². The number of anilines is 1. The Morgan fingerprint density at radius 2 is 2.24 bits per heavy atom. The molecule has 0 saturated heterocycles. The molecule has 3 nitrogen and oxygen atoms in total. The first-order valence-electron chi connectivity index (χ1n) is 4.75. The number of carbonyl (C=O) groups is 1. The zero-order valence-corrected chi connectivity index (χ0v) is 11.2. The number of aryl methyl sites for hydroxylation is 1. The smallest absolute Gasteiger partial charge is 0.265 e. The van der Waals surface area contributed by atoms with Crippen LogP contribution in [-0.2, 0) is 0 Å². The third kappa shape index (κ3) is 2.77. The summed E-state index contributed by atoms with van der Waals surface area (Å²) in [7, 11) is 0. The van der Waals surface area contributed by atoms with Crippen LogP contribution < -0.4 is 5.32 Å². The fourth-order valence-electron chi connectivity index (χ4n) is 1.33. The molecule has 6 heteroatoms. The Labute approximate surface area is 112 Å². The van der Waals surface area contributed by atoms with E-state index in [4.69, 9.17) is 23.2 Å². The van der Waals surface area contributed by atoms with Crippen molar-refractivity contribution in [3.8, 4) is 0 Å². The van der Waals surface area contributed by atoms with E-state index in [1.807, 2.05) is 18.4 Å². The van der Waals surface area contributed by atoms with E-state index in [-0.39, 0.29) is 11.1 Å². The van der Waals surface area contributed by atoms with Gasteiger partial charge in [0.1, 0.15) is 5.15 Å². The number of rotatable bonds is 2. The molecular weight excluding hydrogens is 279 g/mol. The Balaban J connectivity index is 2.28. The number of carbonyl (C=O) groups excluding carboxylic acids is 1. The molecule has 0 radical (unpaired) electrons. The van der Waals surface area contributed by atoms with E-state index in [1.54, 1.807) is 12.1 Å². The predicted molar refractivity (Wildman–Crippen MR) is 71.3 cm³/mol. The maximum atomic E-state index is 11.8. The van der Waals surface area contributed by atoms with Crippen molar-refractivity contribution in [2.75, 3.05) is 5.32 Å². The van der Waals surface area contributed by atoms with Crippen LogP contribution >= 0.6 is 34.5 Å². The Morgan fingerprint density at radius 3 is 2.82 bits per heavy atom. The van der Waals surface area contributed by atoms with Gasteiger partial charge >= 0.3 is 0 Å². The second-order valence-corrected chi connectivity index (χ2v) is 5.05. The number of aromatic nitrogens is 1. The number of nitrogens with zero attached hydrogens (tertiary/aromatic N) is 1. The normalized spacial score (nSPS) is 10.3. The standard InChI is InChI=1S/C11H8Cl2N2OS/c1-6-5-8(12)14-10(13)9(6)15-11(16)7-3-2-4-17-7/h2-5H,1H3,(H,15,16). The number of amides is 1. The molecule has 2 rings (SSSR count). The van der Waals surface area contributed by atoms with Crippen LogP contribution in [-0.4, -0.2) is 10.9 Å². The molecule has 2 aromatic heterocycles. The third-order valence-corrected chi connectivity index (χ3v) is 3.46. The van der Waals surface area contributed by atoms with E-state index in [2.05, 4.69) is 10.3 Å². The Bertz CT molecular complexity index is 532. The number of thiophene rings is 1. The van der Waals surface area contributed by atoms with Gasteiger partial charge in [0.05, 0.1) is 10.6 Å². The number of pyridine rings is 1. The van der Waals surface area contributed by atoms with Gasteiger partial charge in [-0.15, -0.1) is 11.3 Å². The molecular formula is C11H8Cl2N2OS. The zero-order valence-electron chi connectivity index (χ0n) is 8.83. The van der Waals surface area contributed by atoms with Crippen molar-refractivity contribution in [3.63, 3.8) is 0 Å². The van der Waals surface area contributed by atoms with E-state index in [0.717, 1.165) is 5.56 Å². The van der Waals surface area contributed by atoms with Crippen molar-refractivity contribution in [1.29, 1.82) is 0 Å². The second-order valence-electron chi connectivity index (χ2n) is 3.36. The van der Waals surface area contributed by atoms with Crippen LogP contribution in [0.15, 0.2) is 23.6 Å². The predicted octanol–water partition coefficient (Wildman–Crippen LogP) is 4.01. The fraction of sp³-hybridized carbons (Fsp3) is 0.0909. The second kappa shape index (κ2) is 5.04. The molecule has 0 aromatic carbocycles. The summed E-state index contributed by atoms with van der Waals surface area (Å²) in [5, 5.41) is 5.06. The van der Waals surface area contributed by atoms with Gasteiger partial charge in [-0.25, -0.2) is 4.98 Å². The topological polar surface area (TPSA) is 42.0 Å². The lowest BCUT2D eigenvalue weighted by Crippen LogP contribution is -2.12. The molecule has 17 heavy (non-hydrogen) atoms. The summed E-state index contributed by atoms with van der Waals surface area (Å²) < 4.78 is 0. The molecule has 2 heterocycles. The van der Waals surface area contributed by atoms with Crippen LogP contribution in [0.5, 0.6) is 0 Å². The van der Waals surface area contributed by atoms with E-state index in [0.29, 0.717) is 15.7 Å². The molecule has 0 aliphatic carbocycles. The summed E-state index contributed by atoms with van der Waals surface area (Å²) in [6, 6.07) is 5.21. The average molecular weight is 287 g/mol. The summed E-state index contributed by atoms with van der Waals surface area (Å²) in [5.74, 6) is -0.200. The van der Waals surface area contributed by atoms with Gasteiger partial charge in [-0.3, -0.25) is 4.79 Å². The Kier molecular flexibility index (Phi) is 3.66. The molecule has 0 aliphatic rings. The number of halogens is 2. The molecule has 0 atom stereocenters. The van der Waals surface area contributed by atoms with Crippen molar-refractivity contribution < 1.29 is 4.79 Å². The van der Waals surface area contributed by atoms with Gasteiger partial charge in [-0.1, -0.05) is 29.3 Å². The zero-order chi connectivity index (χ0) is 12.4. The number of nitrogens with one attached hydrogen (secondary N) is 1. The van der Waals surface area contributed by atoms with E-state index in [9.17, 15) is 4.79 Å². The van der Waals surface area contributed by atoms with Crippen molar-refractivity contribution in [2.24, 2.45) is 0 Å². The quantitative estimate of drug-likeness (QED) is 0.848. The van der Waals surface area contributed by atoms with E-state index >= 15 is 0 Å². The molecule has 0 aliphatic heterocycles. The molecule has 0 fully saturated rings. The van der Waals surface area contributed by atoms with Gasteiger partial charge in [0.2, 0.25) is 0 Å². The largest absolute Gasteiger partial charge is 0.318 e. The van der Waals surface area contributed by atoms with E-state index in [1.165, 1.54) is 11.3 Å². The summed E-state index contributed by atoms with van der Waals surface area (Å²) >= 11 is 13.0. The SMILES string of the molecule is Cc1cc(Cl)nc(Cl)c1NC(=O)c1cccs1. The molecule has 0 spiro atoms. The van der Waals surface area contributed by atoms with Gasteiger partial charge in [0.15, 0.2) is 5.15 Å². The Hall–Kier alpha value is -1.10. The summed E-state index contributed by atoms with van der Waals surface area (Å²) in [6.45, 7) is 1.81. The molecule has 0 saturated carbocycles. The highest BCUT2D eigenvalue weighted by molar-refractivity contribution is 7.12. The van der Waals surface area contributed by atoms with E-state index < -0.39 is 0 Å². The molecule has 1 N–H and O–H groups in total. The fourth-order valence-corrected chi connectivity index (χ4v) is 2.53. The lowest BCUT2D eigenvalue weighted by atomic mass is 10.2. The summed E-state index contributed by atoms with van der Waals surface area (Å²) in [5.41, 5.74) is 1.27. The molecule has 0 unspecified atom stereocenters. The minimum atomic E-state index is -0.200. The highest BCUT2D eigenvalue weighted by Gasteiger charge is 2.13. The number of hydrogen-bond donors (Lipinski definition) is 1. The lowest BCUT2D eigenvalue weighted by Gasteiger charge is -2.09. The van der Waals surface area contributed by atoms with Crippen molar-refractivity contribution in [1.82, 2.24) is 4.98 Å². The first-order chi connectivity index (χ1) is 8.08. The van der Waals surface area contributed by atoms with Crippen LogP contribution in [0.2, 0.25) is 10.3 Å². The highest BCUT2D eigenvalue weighted by Crippen LogP contribution is 2.27. The molecule has 2 aromatic rings. The van der Waals surface area contributed by atoms with Gasteiger partial charge in [-0.2, -0.15) is 0 Å². The summed E-state index contributed by atoms with van der Waals surface area (Å²) in [6.07, 6.45) is 0. The molecule has 1 amide bonds. The number of hydrogen-bond acceptors (Lipinski definition) is 3. The maximum absolute atomic E-state index is 11.8. The monoisotopic (exact) mass is 286 g/mol. The first-order valence-corrected chi connectivity index (χ1v) is 6.39. The van der Waals surface area contributed by atoms with Crippen molar-refractivity contribution in [2.45, 2.75) is 6.92 Å². The lowest BCUT2D eigenvalue weighted by molar-refractivity contribution is 0.103. The van der Waals surface area contributed by atoms with Gasteiger partial charge in [0, 0.05) is 0 Å². The van der Waals surface area contributed by atoms with Crippen molar-refractivity contribution >= 4 is 46.1 Å². The maximum Gasteiger partial charge on any atom is 0.265 e. The van der Waals surface area contributed by atoms with Crippen LogP contribution in [0.3, 0.4) is 0 Å². The average Bonchev–Trinajstić information content (AvgIpc) is 2.76. The first kappa shape index (κ1) is 12.4. The molecule has 88 valence electrons. The van der Waals surface area contributed by atoms with Crippen LogP contribution in [0.25, 0.3) is 0 Å². The minimum Gasteiger partial charge on any atom is -0.318 e. The van der Waals surface area contributed by atoms with Crippen LogP contribution in [0.4, 0.5) is 5.69 Å². The van der Waals surface area contributed by atoms with Gasteiger partial charge in [-0.05, 0) is 30.0 Å². The summed E-state index contributed by atoms with van der Waals surface area (Å²) in [4.78, 5) is 16.4.